The van der Waals surface area contributed by atoms with E-state index in [1.807, 2.05) is 0 Å². The second-order valence-electron chi connectivity index (χ2n) is 9.57. The molecular formula is C28H45N5. The normalized spacial score (nSPS) is 18.8. The number of piperazine rings is 2. The smallest absolute Gasteiger partial charge is 0.0946 e. The lowest BCUT2D eigenvalue weighted by Crippen LogP contribution is -2.46. The van der Waals surface area contributed by atoms with Gasteiger partial charge in [-0.2, -0.15) is 0 Å². The minimum Gasteiger partial charge on any atom is -0.386 e. The maximum absolute atomic E-state index is 6.22. The molecule has 1 aromatic rings. The Hall–Kier alpha value is -2.40. The van der Waals surface area contributed by atoms with Gasteiger partial charge in [0.2, 0.25) is 0 Å². The van der Waals surface area contributed by atoms with Crippen LogP contribution in [0, 0.1) is 13.8 Å². The van der Waals surface area contributed by atoms with Gasteiger partial charge in [0.05, 0.1) is 5.82 Å². The SMILES string of the molecule is C=C(c1cc(CN2CCN(/C(C)=C/CC)CC2)c(C)cc1C)N1CCN(/C(N)=C/CC)CC1. The van der Waals surface area contributed by atoms with Crippen LogP contribution in [0.25, 0.3) is 5.70 Å². The van der Waals surface area contributed by atoms with Crippen molar-refractivity contribution in [3.8, 4) is 0 Å². The van der Waals surface area contributed by atoms with E-state index in [-0.39, 0.29) is 0 Å². The third kappa shape index (κ3) is 6.35. The van der Waals surface area contributed by atoms with Crippen LogP contribution >= 0.6 is 0 Å². The Bertz CT molecular complexity index is 869. The number of allylic oxidation sites excluding steroid dienone is 3. The third-order valence-corrected chi connectivity index (χ3v) is 7.20. The fraction of sp³-hybridized carbons (Fsp3) is 0.571. The molecule has 2 N–H and O–H groups in total. The number of aryl methyl sites for hydroxylation is 2. The first kappa shape index (κ1) is 25.2. The van der Waals surface area contributed by atoms with Gasteiger partial charge in [-0.05, 0) is 62.4 Å². The summed E-state index contributed by atoms with van der Waals surface area (Å²) < 4.78 is 0. The first-order valence-electron chi connectivity index (χ1n) is 12.7. The lowest BCUT2D eigenvalue weighted by Gasteiger charge is -2.39. The lowest BCUT2D eigenvalue weighted by molar-refractivity contribution is 0.152. The van der Waals surface area contributed by atoms with E-state index >= 15 is 0 Å². The van der Waals surface area contributed by atoms with Crippen LogP contribution in [-0.4, -0.2) is 72.0 Å². The van der Waals surface area contributed by atoms with Gasteiger partial charge in [0.25, 0.3) is 0 Å². The zero-order valence-electron chi connectivity index (χ0n) is 21.7. The van der Waals surface area contributed by atoms with Crippen molar-refractivity contribution in [3.63, 3.8) is 0 Å². The molecule has 0 spiro atoms. The standard InChI is InChI=1S/C28H45N5/c1-7-9-24(5)31-13-11-30(12-14-31)21-26-20-27(23(4)19-22(26)3)25(6)32-15-17-33(18-16-32)28(29)10-8-2/h9-10,19-20H,6-8,11-18,21,29H2,1-5H3/b24-9+,28-10+. The van der Waals surface area contributed by atoms with Crippen LogP contribution in [0.2, 0.25) is 0 Å². The minimum atomic E-state index is 0.914. The Kier molecular flexibility index (Phi) is 8.90. The fourth-order valence-corrected chi connectivity index (χ4v) is 5.05. The summed E-state index contributed by atoms with van der Waals surface area (Å²) in [5.41, 5.74) is 14.2. The van der Waals surface area contributed by atoms with Crippen LogP contribution in [0.4, 0.5) is 0 Å². The van der Waals surface area contributed by atoms with E-state index in [1.165, 1.54) is 28.0 Å². The number of hydrogen-bond acceptors (Lipinski definition) is 5. The Morgan fingerprint density at radius 1 is 0.848 bits per heavy atom. The van der Waals surface area contributed by atoms with Crippen molar-refractivity contribution in [3.05, 3.63) is 64.6 Å². The molecular weight excluding hydrogens is 406 g/mol. The summed E-state index contributed by atoms with van der Waals surface area (Å²) >= 11 is 0. The summed E-state index contributed by atoms with van der Waals surface area (Å²) in [5, 5.41) is 0. The van der Waals surface area contributed by atoms with E-state index in [0.29, 0.717) is 0 Å². The van der Waals surface area contributed by atoms with E-state index in [4.69, 9.17) is 5.73 Å². The Morgan fingerprint density at radius 2 is 1.42 bits per heavy atom. The predicted octanol–water partition coefficient (Wildman–Crippen LogP) is 4.53. The molecule has 2 aliphatic rings. The second-order valence-corrected chi connectivity index (χ2v) is 9.57. The van der Waals surface area contributed by atoms with Gasteiger partial charge in [-0.1, -0.05) is 32.6 Å². The predicted molar refractivity (Wildman–Crippen MR) is 142 cm³/mol. The molecule has 0 bridgehead atoms. The summed E-state index contributed by atoms with van der Waals surface area (Å²) in [6.45, 7) is 24.9. The van der Waals surface area contributed by atoms with Crippen molar-refractivity contribution in [2.75, 3.05) is 52.4 Å². The molecule has 3 rings (SSSR count). The van der Waals surface area contributed by atoms with Crippen molar-refractivity contribution < 1.29 is 0 Å². The highest BCUT2D eigenvalue weighted by molar-refractivity contribution is 5.66. The van der Waals surface area contributed by atoms with Gasteiger partial charge in [-0.3, -0.25) is 4.90 Å². The lowest BCUT2D eigenvalue weighted by atomic mass is 9.97. The maximum Gasteiger partial charge on any atom is 0.0946 e. The van der Waals surface area contributed by atoms with Gasteiger partial charge in [0.1, 0.15) is 0 Å². The van der Waals surface area contributed by atoms with Crippen molar-refractivity contribution in [1.82, 2.24) is 19.6 Å². The second kappa shape index (κ2) is 11.6. The molecule has 0 amide bonds. The molecule has 1 aromatic carbocycles. The first-order chi connectivity index (χ1) is 15.8. The van der Waals surface area contributed by atoms with Crippen LogP contribution in [0.1, 0.15) is 55.9 Å². The van der Waals surface area contributed by atoms with Gasteiger partial charge in [-0.25, -0.2) is 0 Å². The van der Waals surface area contributed by atoms with Crippen molar-refractivity contribution in [1.29, 1.82) is 0 Å². The van der Waals surface area contributed by atoms with Crippen LogP contribution < -0.4 is 5.73 Å². The highest BCUT2D eigenvalue weighted by Gasteiger charge is 2.22. The molecule has 33 heavy (non-hydrogen) atoms. The Labute approximate surface area is 202 Å². The molecule has 0 atom stereocenters. The molecule has 5 nitrogen and oxygen atoms in total. The molecule has 2 aliphatic heterocycles. The molecule has 2 heterocycles. The number of hydrogen-bond donors (Lipinski definition) is 1. The van der Waals surface area contributed by atoms with Crippen LogP contribution in [-0.2, 0) is 6.54 Å². The van der Waals surface area contributed by atoms with Gasteiger partial charge < -0.3 is 20.4 Å². The van der Waals surface area contributed by atoms with Gasteiger partial charge >= 0.3 is 0 Å². The molecule has 2 saturated heterocycles. The molecule has 0 aromatic heterocycles. The van der Waals surface area contributed by atoms with Crippen molar-refractivity contribution >= 4 is 5.70 Å². The number of benzene rings is 1. The summed E-state index contributed by atoms with van der Waals surface area (Å²) in [6.07, 6.45) is 6.54. The fourth-order valence-electron chi connectivity index (χ4n) is 5.05. The quantitative estimate of drug-likeness (QED) is 0.629. The maximum atomic E-state index is 6.22. The molecule has 182 valence electrons. The van der Waals surface area contributed by atoms with E-state index < -0.39 is 0 Å². The van der Waals surface area contributed by atoms with Crippen LogP contribution in [0.15, 0.2) is 42.4 Å². The topological polar surface area (TPSA) is 39.0 Å². The number of nitrogens with zero attached hydrogens (tertiary/aromatic N) is 4. The third-order valence-electron chi connectivity index (χ3n) is 7.20. The molecule has 5 heteroatoms. The highest BCUT2D eigenvalue weighted by atomic mass is 15.3. The average molecular weight is 452 g/mol. The first-order valence-corrected chi connectivity index (χ1v) is 12.7. The average Bonchev–Trinajstić information content (AvgIpc) is 2.81. The molecule has 0 saturated carbocycles. The summed E-state index contributed by atoms with van der Waals surface area (Å²) in [5.74, 6) is 0.914. The van der Waals surface area contributed by atoms with Gasteiger partial charge in [-0.15, -0.1) is 0 Å². The van der Waals surface area contributed by atoms with Crippen molar-refractivity contribution in [2.24, 2.45) is 5.73 Å². The minimum absolute atomic E-state index is 0.914. The van der Waals surface area contributed by atoms with E-state index in [0.717, 1.165) is 83.3 Å². The van der Waals surface area contributed by atoms with E-state index in [9.17, 15) is 0 Å². The zero-order valence-corrected chi connectivity index (χ0v) is 21.7. The summed E-state index contributed by atoms with van der Waals surface area (Å²) in [7, 11) is 0. The van der Waals surface area contributed by atoms with E-state index in [1.54, 1.807) is 0 Å². The van der Waals surface area contributed by atoms with E-state index in [2.05, 4.69) is 85.1 Å². The van der Waals surface area contributed by atoms with Crippen LogP contribution in [0.3, 0.4) is 0 Å². The number of nitrogens with two attached hydrogens (primary N) is 1. The molecule has 0 radical (unpaired) electrons. The monoisotopic (exact) mass is 451 g/mol. The van der Waals surface area contributed by atoms with Gasteiger partial charge in [0, 0.05) is 75.9 Å². The highest BCUT2D eigenvalue weighted by Crippen LogP contribution is 2.27. The molecule has 0 unspecified atom stereocenters. The summed E-state index contributed by atoms with van der Waals surface area (Å²) in [4.78, 5) is 9.84. The molecule has 0 aliphatic carbocycles. The summed E-state index contributed by atoms with van der Waals surface area (Å²) in [6, 6.07) is 4.75. The Balaban J connectivity index is 1.64. The zero-order chi connectivity index (χ0) is 24.0. The molecule has 2 fully saturated rings. The largest absolute Gasteiger partial charge is 0.386 e. The van der Waals surface area contributed by atoms with Gasteiger partial charge in [0.15, 0.2) is 0 Å². The van der Waals surface area contributed by atoms with Crippen molar-refractivity contribution in [2.45, 2.75) is 54.0 Å². The Morgan fingerprint density at radius 3 is 2.03 bits per heavy atom. The van der Waals surface area contributed by atoms with Crippen LogP contribution in [0.5, 0.6) is 0 Å². The number of rotatable bonds is 8.